The Balaban J connectivity index is 1.60. The van der Waals surface area contributed by atoms with Crippen LogP contribution in [-0.4, -0.2) is 28.0 Å². The molecule has 4 rings (SSSR count). The molecular formula is C18H19N5. The van der Waals surface area contributed by atoms with Gasteiger partial charge in [-0.1, -0.05) is 6.07 Å². The summed E-state index contributed by atoms with van der Waals surface area (Å²) in [6, 6.07) is 10.3. The molecule has 1 fully saturated rings. The lowest BCUT2D eigenvalue weighted by atomic mass is 10.0. The molecule has 0 radical (unpaired) electrons. The van der Waals surface area contributed by atoms with E-state index in [1.54, 1.807) is 0 Å². The maximum Gasteiger partial charge on any atom is 0.129 e. The number of hydrogen-bond acceptors (Lipinski definition) is 5. The Morgan fingerprint density at radius 1 is 1.22 bits per heavy atom. The van der Waals surface area contributed by atoms with E-state index in [1.165, 1.54) is 5.56 Å². The van der Waals surface area contributed by atoms with E-state index in [9.17, 15) is 0 Å². The predicted molar refractivity (Wildman–Crippen MR) is 91.2 cm³/mol. The second-order valence-electron chi connectivity index (χ2n) is 5.96. The van der Waals surface area contributed by atoms with E-state index in [0.717, 1.165) is 41.9 Å². The number of nitrogens with zero attached hydrogens (tertiary/aromatic N) is 4. The summed E-state index contributed by atoms with van der Waals surface area (Å²) in [5, 5.41) is 1.05. The zero-order valence-electron chi connectivity index (χ0n) is 12.9. The van der Waals surface area contributed by atoms with Crippen LogP contribution in [0.3, 0.4) is 0 Å². The van der Waals surface area contributed by atoms with Gasteiger partial charge in [0.05, 0.1) is 11.2 Å². The molecule has 3 aromatic rings. The van der Waals surface area contributed by atoms with Gasteiger partial charge in [-0.3, -0.25) is 9.97 Å². The third-order valence-corrected chi connectivity index (χ3v) is 4.49. The smallest absolute Gasteiger partial charge is 0.129 e. The minimum Gasteiger partial charge on any atom is -0.356 e. The SMILES string of the molecule is NCc1cc2nc(N3CCC(c4cccnc4)C3)ccc2cn1. The van der Waals surface area contributed by atoms with Crippen LogP contribution in [0.15, 0.2) is 48.9 Å². The van der Waals surface area contributed by atoms with Gasteiger partial charge in [0.25, 0.3) is 0 Å². The van der Waals surface area contributed by atoms with Gasteiger partial charge in [0.1, 0.15) is 5.82 Å². The van der Waals surface area contributed by atoms with Gasteiger partial charge in [-0.25, -0.2) is 4.98 Å². The highest BCUT2D eigenvalue weighted by Crippen LogP contribution is 2.30. The third-order valence-electron chi connectivity index (χ3n) is 4.49. The average molecular weight is 305 g/mol. The summed E-state index contributed by atoms with van der Waals surface area (Å²) in [5.41, 5.74) is 8.82. The van der Waals surface area contributed by atoms with Crippen LogP contribution in [0.5, 0.6) is 0 Å². The minimum absolute atomic E-state index is 0.439. The van der Waals surface area contributed by atoms with Crippen molar-refractivity contribution in [2.45, 2.75) is 18.9 Å². The third kappa shape index (κ3) is 2.75. The van der Waals surface area contributed by atoms with Crippen LogP contribution in [0.2, 0.25) is 0 Å². The molecule has 4 heterocycles. The van der Waals surface area contributed by atoms with Crippen molar-refractivity contribution in [3.63, 3.8) is 0 Å². The Morgan fingerprint density at radius 2 is 2.17 bits per heavy atom. The summed E-state index contributed by atoms with van der Waals surface area (Å²) in [7, 11) is 0. The van der Waals surface area contributed by atoms with Gasteiger partial charge in [-0.15, -0.1) is 0 Å². The first-order valence-electron chi connectivity index (χ1n) is 7.94. The van der Waals surface area contributed by atoms with E-state index >= 15 is 0 Å². The number of rotatable bonds is 3. The Kier molecular flexibility index (Phi) is 3.63. The summed E-state index contributed by atoms with van der Waals surface area (Å²) in [6.45, 7) is 2.45. The summed E-state index contributed by atoms with van der Waals surface area (Å²) in [4.78, 5) is 15.7. The highest BCUT2D eigenvalue weighted by Gasteiger charge is 2.25. The number of hydrogen-bond donors (Lipinski definition) is 1. The second kappa shape index (κ2) is 5.93. The minimum atomic E-state index is 0.439. The van der Waals surface area contributed by atoms with Crippen molar-refractivity contribution in [3.05, 3.63) is 60.2 Å². The monoisotopic (exact) mass is 305 g/mol. The van der Waals surface area contributed by atoms with Gasteiger partial charge in [0, 0.05) is 49.5 Å². The molecule has 5 heteroatoms. The first kappa shape index (κ1) is 14.1. The number of fused-ring (bicyclic) bond motifs is 1. The molecule has 1 saturated heterocycles. The van der Waals surface area contributed by atoms with E-state index in [-0.39, 0.29) is 0 Å². The second-order valence-corrected chi connectivity index (χ2v) is 5.96. The van der Waals surface area contributed by atoms with Gasteiger partial charge in [0.2, 0.25) is 0 Å². The van der Waals surface area contributed by atoms with Gasteiger partial charge >= 0.3 is 0 Å². The van der Waals surface area contributed by atoms with E-state index in [1.807, 2.05) is 30.7 Å². The highest BCUT2D eigenvalue weighted by atomic mass is 15.2. The quantitative estimate of drug-likeness (QED) is 0.805. The lowest BCUT2D eigenvalue weighted by molar-refractivity contribution is 0.769. The predicted octanol–water partition coefficient (Wildman–Crippen LogP) is 2.48. The fourth-order valence-corrected chi connectivity index (χ4v) is 3.19. The summed E-state index contributed by atoms with van der Waals surface area (Å²) in [5.74, 6) is 1.55. The topological polar surface area (TPSA) is 67.9 Å². The maximum absolute atomic E-state index is 5.68. The molecule has 0 amide bonds. The van der Waals surface area contributed by atoms with Gasteiger partial charge in [-0.05, 0) is 36.2 Å². The van der Waals surface area contributed by atoms with Crippen LogP contribution >= 0.6 is 0 Å². The van der Waals surface area contributed by atoms with Crippen LogP contribution < -0.4 is 10.6 Å². The molecule has 0 spiro atoms. The van der Waals surface area contributed by atoms with Crippen molar-refractivity contribution in [2.24, 2.45) is 5.73 Å². The van der Waals surface area contributed by atoms with Crippen molar-refractivity contribution in [1.29, 1.82) is 0 Å². The summed E-state index contributed by atoms with van der Waals surface area (Å²) < 4.78 is 0. The molecule has 1 unspecified atom stereocenters. The van der Waals surface area contributed by atoms with Crippen LogP contribution in [0.25, 0.3) is 10.9 Å². The first-order chi connectivity index (χ1) is 11.3. The average Bonchev–Trinajstić information content (AvgIpc) is 3.11. The highest BCUT2D eigenvalue weighted by molar-refractivity contribution is 5.79. The molecular weight excluding hydrogens is 286 g/mol. The molecule has 0 bridgehead atoms. The zero-order chi connectivity index (χ0) is 15.6. The Hall–Kier alpha value is -2.53. The Bertz CT molecular complexity index is 818. The van der Waals surface area contributed by atoms with Crippen molar-refractivity contribution in [1.82, 2.24) is 15.0 Å². The molecule has 116 valence electrons. The molecule has 5 nitrogen and oxygen atoms in total. The van der Waals surface area contributed by atoms with Crippen molar-refractivity contribution in [2.75, 3.05) is 18.0 Å². The van der Waals surface area contributed by atoms with Crippen molar-refractivity contribution < 1.29 is 0 Å². The van der Waals surface area contributed by atoms with Gasteiger partial charge < -0.3 is 10.6 Å². The Morgan fingerprint density at radius 3 is 3.00 bits per heavy atom. The van der Waals surface area contributed by atoms with E-state index < -0.39 is 0 Å². The fraction of sp³-hybridized carbons (Fsp3) is 0.278. The molecule has 0 aliphatic carbocycles. The number of anilines is 1. The van der Waals surface area contributed by atoms with Gasteiger partial charge in [0.15, 0.2) is 0 Å². The fourth-order valence-electron chi connectivity index (χ4n) is 3.19. The molecule has 1 aliphatic heterocycles. The molecule has 3 aromatic heterocycles. The molecule has 23 heavy (non-hydrogen) atoms. The summed E-state index contributed by atoms with van der Waals surface area (Å²) >= 11 is 0. The lowest BCUT2D eigenvalue weighted by Crippen LogP contribution is -2.20. The van der Waals surface area contributed by atoms with Crippen LogP contribution in [-0.2, 0) is 6.54 Å². The number of nitrogens with two attached hydrogens (primary N) is 1. The lowest BCUT2D eigenvalue weighted by Gasteiger charge is -2.18. The molecule has 1 atom stereocenters. The zero-order valence-corrected chi connectivity index (χ0v) is 12.9. The standard InChI is InChI=1S/C18H19N5/c19-9-16-8-17-14(11-21-16)3-4-18(22-17)23-7-5-15(12-23)13-2-1-6-20-10-13/h1-4,6,8,10-11,15H,5,7,9,12,19H2. The number of aromatic nitrogens is 3. The van der Waals surface area contributed by atoms with Crippen LogP contribution in [0, 0.1) is 0 Å². The molecule has 0 aromatic carbocycles. The van der Waals surface area contributed by atoms with Crippen molar-refractivity contribution in [3.8, 4) is 0 Å². The van der Waals surface area contributed by atoms with Crippen molar-refractivity contribution >= 4 is 16.7 Å². The maximum atomic E-state index is 5.68. The molecule has 1 aliphatic rings. The summed E-state index contributed by atoms with van der Waals surface area (Å²) in [6.07, 6.45) is 6.78. The Labute approximate surface area is 135 Å². The van der Waals surface area contributed by atoms with E-state index in [2.05, 4.69) is 33.1 Å². The number of pyridine rings is 3. The van der Waals surface area contributed by atoms with E-state index in [4.69, 9.17) is 10.7 Å². The van der Waals surface area contributed by atoms with Gasteiger partial charge in [-0.2, -0.15) is 0 Å². The van der Waals surface area contributed by atoms with Crippen LogP contribution in [0.4, 0.5) is 5.82 Å². The molecule has 0 saturated carbocycles. The van der Waals surface area contributed by atoms with E-state index in [0.29, 0.717) is 12.5 Å². The first-order valence-corrected chi connectivity index (χ1v) is 7.94. The molecule has 2 N–H and O–H groups in total. The largest absolute Gasteiger partial charge is 0.356 e. The van der Waals surface area contributed by atoms with Crippen LogP contribution in [0.1, 0.15) is 23.6 Å². The normalized spacial score (nSPS) is 17.8.